The normalized spacial score (nSPS) is 13.3. The summed E-state index contributed by atoms with van der Waals surface area (Å²) in [4.78, 5) is 2.48. The Hall–Kier alpha value is -9.56. The summed E-state index contributed by atoms with van der Waals surface area (Å²) in [5, 5.41) is 0. The molecule has 2 aliphatic carbocycles. The monoisotopic (exact) mass is 953 g/mol. The van der Waals surface area contributed by atoms with Gasteiger partial charge >= 0.3 is 0 Å². The van der Waals surface area contributed by atoms with Gasteiger partial charge in [0.05, 0.1) is 16.5 Å². The molecule has 0 saturated carbocycles. The van der Waals surface area contributed by atoms with Crippen LogP contribution in [0, 0.1) is 0 Å². The number of anilines is 3. The van der Waals surface area contributed by atoms with Crippen LogP contribution in [-0.4, -0.2) is 0 Å². The van der Waals surface area contributed by atoms with Crippen molar-refractivity contribution in [2.24, 2.45) is 0 Å². The summed E-state index contributed by atoms with van der Waals surface area (Å²) in [6.07, 6.45) is 0. The van der Waals surface area contributed by atoms with Crippen LogP contribution in [0.25, 0.3) is 55.6 Å². The first-order valence-electron chi connectivity index (χ1n) is 26.1. The number of fused-ring (bicyclic) bond motifs is 6. The van der Waals surface area contributed by atoms with E-state index in [9.17, 15) is 0 Å². The molecular weight excluding hydrogens is 903 g/mol. The summed E-state index contributed by atoms with van der Waals surface area (Å²) in [5.41, 5.74) is 24.6. The Kier molecular flexibility index (Phi) is 10.7. The molecule has 352 valence electrons. The second-order valence-corrected chi connectivity index (χ2v) is 19.9. The number of benzene rings is 12. The van der Waals surface area contributed by atoms with Crippen LogP contribution < -0.4 is 4.90 Å². The van der Waals surface area contributed by atoms with E-state index in [2.05, 4.69) is 314 Å². The highest BCUT2D eigenvalue weighted by Crippen LogP contribution is 2.60. The van der Waals surface area contributed by atoms with Gasteiger partial charge in [-0.05, 0) is 137 Å². The quantitative estimate of drug-likeness (QED) is 0.132. The number of hydrogen-bond donors (Lipinski definition) is 0. The largest absolute Gasteiger partial charge is 0.310 e. The van der Waals surface area contributed by atoms with Crippen LogP contribution in [0.1, 0.15) is 44.5 Å². The average Bonchev–Trinajstić information content (AvgIpc) is 4.06. The molecule has 0 fully saturated rings. The fourth-order valence-electron chi connectivity index (χ4n) is 12.8. The average molecular weight is 954 g/mol. The van der Waals surface area contributed by atoms with Gasteiger partial charge in [0.1, 0.15) is 0 Å². The van der Waals surface area contributed by atoms with E-state index in [4.69, 9.17) is 0 Å². The lowest BCUT2D eigenvalue weighted by Gasteiger charge is -2.34. The molecule has 0 bridgehead atoms. The molecule has 14 rings (SSSR count). The highest BCUT2D eigenvalue weighted by atomic mass is 15.1. The molecular formula is C74H51N. The molecule has 75 heavy (non-hydrogen) atoms. The summed E-state index contributed by atoms with van der Waals surface area (Å²) >= 11 is 0. The van der Waals surface area contributed by atoms with Crippen LogP contribution in [-0.2, 0) is 10.8 Å². The zero-order valence-corrected chi connectivity index (χ0v) is 41.4. The van der Waals surface area contributed by atoms with Gasteiger partial charge in [-0.2, -0.15) is 0 Å². The molecule has 0 radical (unpaired) electrons. The lowest BCUT2D eigenvalue weighted by molar-refractivity contribution is 0.768. The van der Waals surface area contributed by atoms with E-state index in [1.165, 1.54) is 94.6 Å². The molecule has 0 unspecified atom stereocenters. The second-order valence-electron chi connectivity index (χ2n) is 19.9. The van der Waals surface area contributed by atoms with E-state index in [0.717, 1.165) is 22.6 Å². The van der Waals surface area contributed by atoms with Crippen molar-refractivity contribution < 1.29 is 0 Å². The Labute approximate surface area is 440 Å². The second kappa shape index (κ2) is 18.2. The van der Waals surface area contributed by atoms with E-state index in [-0.39, 0.29) is 0 Å². The van der Waals surface area contributed by atoms with Crippen molar-refractivity contribution in [1.29, 1.82) is 0 Å². The molecule has 0 atom stereocenters. The maximum absolute atomic E-state index is 2.48. The van der Waals surface area contributed by atoms with Crippen molar-refractivity contribution in [1.82, 2.24) is 0 Å². The number of nitrogens with zero attached hydrogens (tertiary/aromatic N) is 1. The molecule has 0 heterocycles. The molecule has 2 aliphatic rings. The Morgan fingerprint density at radius 1 is 0.213 bits per heavy atom. The van der Waals surface area contributed by atoms with E-state index in [1.807, 2.05) is 0 Å². The fourth-order valence-corrected chi connectivity index (χ4v) is 12.8. The van der Waals surface area contributed by atoms with E-state index >= 15 is 0 Å². The fraction of sp³-hybridized carbons (Fsp3) is 0.0270. The van der Waals surface area contributed by atoms with Gasteiger partial charge < -0.3 is 4.90 Å². The minimum absolute atomic E-state index is 0.477. The molecule has 0 N–H and O–H groups in total. The highest BCUT2D eigenvalue weighted by molar-refractivity contribution is 5.98. The SMILES string of the molecule is c1ccc(-c2cccc(-c3ccc(N(c4ccc(-c5ccc6c(c5)C(c5ccccc5)(c5ccccc5)c5ccccc5-6)cc4)c4cccc5c4-c4ccccc4C5(c4ccccc4)c4ccccc4)cc3)c2)cc1. The predicted octanol–water partition coefficient (Wildman–Crippen LogP) is 18.9. The Bertz CT molecular complexity index is 3940. The maximum atomic E-state index is 2.48. The topological polar surface area (TPSA) is 3.24 Å². The van der Waals surface area contributed by atoms with E-state index < -0.39 is 10.8 Å². The predicted molar refractivity (Wildman–Crippen MR) is 312 cm³/mol. The number of hydrogen-bond acceptors (Lipinski definition) is 1. The molecule has 0 aliphatic heterocycles. The smallest absolute Gasteiger partial charge is 0.0714 e. The minimum atomic E-state index is -0.532. The zero-order valence-electron chi connectivity index (χ0n) is 41.4. The molecule has 0 spiro atoms. The van der Waals surface area contributed by atoms with Crippen molar-refractivity contribution in [3.63, 3.8) is 0 Å². The molecule has 12 aromatic carbocycles. The van der Waals surface area contributed by atoms with Gasteiger partial charge in [0.15, 0.2) is 0 Å². The molecule has 0 aromatic heterocycles. The van der Waals surface area contributed by atoms with Crippen molar-refractivity contribution in [2.45, 2.75) is 10.8 Å². The summed E-state index contributed by atoms with van der Waals surface area (Å²) in [7, 11) is 0. The Balaban J connectivity index is 0.939. The summed E-state index contributed by atoms with van der Waals surface area (Å²) in [5.74, 6) is 0. The highest BCUT2D eigenvalue weighted by Gasteiger charge is 2.48. The Morgan fingerprint density at radius 3 is 1.08 bits per heavy atom. The third kappa shape index (κ3) is 7.00. The summed E-state index contributed by atoms with van der Waals surface area (Å²) in [6.45, 7) is 0. The third-order valence-corrected chi connectivity index (χ3v) is 16.0. The third-order valence-electron chi connectivity index (χ3n) is 16.0. The van der Waals surface area contributed by atoms with E-state index in [0.29, 0.717) is 0 Å². The van der Waals surface area contributed by atoms with Crippen molar-refractivity contribution in [3.05, 3.63) is 354 Å². The molecule has 1 heteroatoms. The molecule has 1 nitrogen and oxygen atoms in total. The van der Waals surface area contributed by atoms with E-state index in [1.54, 1.807) is 0 Å². The lowest BCUT2D eigenvalue weighted by atomic mass is 9.67. The zero-order chi connectivity index (χ0) is 49.8. The summed E-state index contributed by atoms with van der Waals surface area (Å²) in [6, 6.07) is 114. The van der Waals surface area contributed by atoms with Crippen molar-refractivity contribution in [2.75, 3.05) is 4.90 Å². The number of rotatable bonds is 10. The van der Waals surface area contributed by atoms with Crippen molar-refractivity contribution >= 4 is 17.1 Å². The van der Waals surface area contributed by atoms with Crippen LogP contribution in [0.3, 0.4) is 0 Å². The van der Waals surface area contributed by atoms with Gasteiger partial charge in [-0.1, -0.05) is 267 Å². The van der Waals surface area contributed by atoms with Gasteiger partial charge in [0.25, 0.3) is 0 Å². The standard InChI is InChI=1S/C74H51N/c1-6-22-52(23-7-1)55-24-20-25-56(50-55)53-40-45-62(46-41-53)75(71-39-21-38-69-72(71)66-35-17-19-37-68(66)73(69,58-26-8-2-9-27-58)59-28-10-3-11-29-59)63-47-42-54(43-48-63)57-44-49-65-64-34-16-18-36-67(64)74(70(65)51-57,60-30-12-4-13-31-60)61-32-14-5-15-33-61/h1-51H. The first-order chi connectivity index (χ1) is 37.2. The van der Waals surface area contributed by atoms with Crippen molar-refractivity contribution in [3.8, 4) is 55.6 Å². The molecule has 0 saturated heterocycles. The van der Waals surface area contributed by atoms with Crippen LogP contribution >= 0.6 is 0 Å². The summed E-state index contributed by atoms with van der Waals surface area (Å²) < 4.78 is 0. The van der Waals surface area contributed by atoms with Crippen LogP contribution in [0.2, 0.25) is 0 Å². The van der Waals surface area contributed by atoms with Gasteiger partial charge in [-0.25, -0.2) is 0 Å². The van der Waals surface area contributed by atoms with Crippen LogP contribution in [0.4, 0.5) is 17.1 Å². The Morgan fingerprint density at radius 2 is 0.560 bits per heavy atom. The first kappa shape index (κ1) is 44.2. The molecule has 0 amide bonds. The first-order valence-corrected chi connectivity index (χ1v) is 26.1. The van der Waals surface area contributed by atoms with Crippen LogP contribution in [0.5, 0.6) is 0 Å². The van der Waals surface area contributed by atoms with Gasteiger partial charge in [0.2, 0.25) is 0 Å². The van der Waals surface area contributed by atoms with Gasteiger partial charge in [-0.3, -0.25) is 0 Å². The lowest BCUT2D eigenvalue weighted by Crippen LogP contribution is -2.28. The minimum Gasteiger partial charge on any atom is -0.310 e. The maximum Gasteiger partial charge on any atom is 0.0714 e. The van der Waals surface area contributed by atoms with Gasteiger partial charge in [0, 0.05) is 16.9 Å². The molecule has 12 aromatic rings. The van der Waals surface area contributed by atoms with Crippen LogP contribution in [0.15, 0.2) is 309 Å². The van der Waals surface area contributed by atoms with Gasteiger partial charge in [-0.15, -0.1) is 0 Å².